The molecule has 0 heterocycles. The molecular weight excluding hydrogens is 148 g/mol. The zero-order chi connectivity index (χ0) is 8.65. The maximum absolute atomic E-state index is 8.17. The highest BCUT2D eigenvalue weighted by atomic mass is 14.8. The maximum Gasteiger partial charge on any atom is 0.176 e. The minimum Gasteiger partial charge on any atom is -0.320 e. The number of nitriles is 1. The van der Waals surface area contributed by atoms with Gasteiger partial charge in [-0.1, -0.05) is 42.5 Å². The van der Waals surface area contributed by atoms with Crippen LogP contribution >= 0.6 is 0 Å². The first-order valence-electron chi connectivity index (χ1n) is 3.77. The fourth-order valence-electron chi connectivity index (χ4n) is 0.864. The molecule has 2 nitrogen and oxygen atoms in total. The predicted octanol–water partition coefficient (Wildman–Crippen LogP) is 1.77. The summed E-state index contributed by atoms with van der Waals surface area (Å²) in [6, 6.07) is 9.98. The van der Waals surface area contributed by atoms with Gasteiger partial charge in [0.2, 0.25) is 0 Å². The molecule has 0 radical (unpaired) electrons. The molecule has 60 valence electrons. The molecule has 1 N–H and O–H groups in total. The minimum atomic E-state index is 0.589. The molecule has 0 bridgehead atoms. The van der Waals surface area contributed by atoms with Crippen LogP contribution in [0.3, 0.4) is 0 Å². The fraction of sp³-hybridized carbons (Fsp3) is 0.100. The fourth-order valence-corrected chi connectivity index (χ4v) is 0.864. The Morgan fingerprint density at radius 2 is 2.08 bits per heavy atom. The predicted molar refractivity (Wildman–Crippen MR) is 49.1 cm³/mol. The summed E-state index contributed by atoms with van der Waals surface area (Å²) in [4.78, 5) is 0. The molecule has 1 rings (SSSR count). The van der Waals surface area contributed by atoms with Crippen molar-refractivity contribution >= 4 is 6.08 Å². The van der Waals surface area contributed by atoms with E-state index in [1.54, 1.807) is 0 Å². The Morgan fingerprint density at radius 1 is 1.33 bits per heavy atom. The highest BCUT2D eigenvalue weighted by molar-refractivity contribution is 5.48. The van der Waals surface area contributed by atoms with Crippen LogP contribution in [0.1, 0.15) is 5.56 Å². The van der Waals surface area contributed by atoms with Gasteiger partial charge in [-0.2, -0.15) is 5.26 Å². The number of benzene rings is 1. The highest BCUT2D eigenvalue weighted by Gasteiger charge is 1.80. The van der Waals surface area contributed by atoms with E-state index in [0.717, 1.165) is 5.56 Å². The van der Waals surface area contributed by atoms with Gasteiger partial charge < -0.3 is 5.32 Å². The third-order valence-electron chi connectivity index (χ3n) is 1.41. The standard InChI is InChI=1S/C10H10N2/c11-9-12-8-4-7-10-5-2-1-3-6-10/h1-7,12H,8H2. The summed E-state index contributed by atoms with van der Waals surface area (Å²) in [6.45, 7) is 0.589. The zero-order valence-electron chi connectivity index (χ0n) is 6.70. The van der Waals surface area contributed by atoms with E-state index in [-0.39, 0.29) is 0 Å². The molecule has 0 spiro atoms. The van der Waals surface area contributed by atoms with Gasteiger partial charge in [0.25, 0.3) is 0 Å². The van der Waals surface area contributed by atoms with Gasteiger partial charge in [-0.05, 0) is 5.56 Å². The lowest BCUT2D eigenvalue weighted by Gasteiger charge is -1.90. The van der Waals surface area contributed by atoms with Crippen LogP contribution in [0.4, 0.5) is 0 Å². The van der Waals surface area contributed by atoms with Gasteiger partial charge >= 0.3 is 0 Å². The second kappa shape index (κ2) is 4.97. The summed E-state index contributed by atoms with van der Waals surface area (Å²) in [5.74, 6) is 0. The molecule has 0 amide bonds. The summed E-state index contributed by atoms with van der Waals surface area (Å²) in [6.07, 6.45) is 5.74. The van der Waals surface area contributed by atoms with Crippen molar-refractivity contribution in [2.45, 2.75) is 0 Å². The van der Waals surface area contributed by atoms with Gasteiger partial charge in [0, 0.05) is 6.54 Å². The van der Waals surface area contributed by atoms with Gasteiger partial charge in [-0.3, -0.25) is 0 Å². The highest BCUT2D eigenvalue weighted by Crippen LogP contribution is 1.99. The summed E-state index contributed by atoms with van der Waals surface area (Å²) in [5.41, 5.74) is 1.15. The number of hydrogen-bond acceptors (Lipinski definition) is 2. The number of nitrogens with zero attached hydrogens (tertiary/aromatic N) is 1. The first-order valence-corrected chi connectivity index (χ1v) is 3.77. The van der Waals surface area contributed by atoms with Crippen molar-refractivity contribution in [1.82, 2.24) is 5.32 Å². The number of hydrogen-bond donors (Lipinski definition) is 1. The lowest BCUT2D eigenvalue weighted by molar-refractivity contribution is 1.00. The summed E-state index contributed by atoms with van der Waals surface area (Å²) in [5, 5.41) is 10.7. The van der Waals surface area contributed by atoms with E-state index in [0.29, 0.717) is 6.54 Å². The van der Waals surface area contributed by atoms with Crippen molar-refractivity contribution in [2.75, 3.05) is 6.54 Å². The van der Waals surface area contributed by atoms with Crippen LogP contribution < -0.4 is 5.32 Å². The molecule has 1 aromatic rings. The first kappa shape index (κ1) is 8.35. The second-order valence-electron chi connectivity index (χ2n) is 2.31. The molecule has 0 aliphatic carbocycles. The molecule has 1 aromatic carbocycles. The monoisotopic (exact) mass is 158 g/mol. The third kappa shape index (κ3) is 2.89. The summed E-state index contributed by atoms with van der Waals surface area (Å²) in [7, 11) is 0. The summed E-state index contributed by atoms with van der Waals surface area (Å²) >= 11 is 0. The smallest absolute Gasteiger partial charge is 0.176 e. The molecular formula is C10H10N2. The molecule has 0 fully saturated rings. The molecule has 0 aromatic heterocycles. The molecule has 0 aliphatic heterocycles. The van der Waals surface area contributed by atoms with Crippen LogP contribution in [-0.2, 0) is 0 Å². The van der Waals surface area contributed by atoms with Crippen molar-refractivity contribution in [2.24, 2.45) is 0 Å². The number of nitrogens with one attached hydrogen (secondary N) is 1. The van der Waals surface area contributed by atoms with Crippen molar-refractivity contribution in [3.63, 3.8) is 0 Å². The lowest BCUT2D eigenvalue weighted by Crippen LogP contribution is -2.02. The first-order chi connectivity index (χ1) is 5.93. The molecule has 0 aliphatic rings. The molecule has 0 atom stereocenters. The summed E-state index contributed by atoms with van der Waals surface area (Å²) < 4.78 is 0. The van der Waals surface area contributed by atoms with Crippen LogP contribution in [0.2, 0.25) is 0 Å². The van der Waals surface area contributed by atoms with Gasteiger partial charge in [-0.25, -0.2) is 0 Å². The van der Waals surface area contributed by atoms with E-state index in [1.165, 1.54) is 0 Å². The van der Waals surface area contributed by atoms with Gasteiger partial charge in [0.15, 0.2) is 6.19 Å². The van der Waals surface area contributed by atoms with E-state index in [4.69, 9.17) is 5.26 Å². The van der Waals surface area contributed by atoms with E-state index < -0.39 is 0 Å². The average Bonchev–Trinajstić information content (AvgIpc) is 2.14. The van der Waals surface area contributed by atoms with Crippen molar-refractivity contribution in [3.05, 3.63) is 42.0 Å². The minimum absolute atomic E-state index is 0.589. The van der Waals surface area contributed by atoms with E-state index in [9.17, 15) is 0 Å². The lowest BCUT2D eigenvalue weighted by atomic mass is 10.2. The van der Waals surface area contributed by atoms with Crippen LogP contribution in [0, 0.1) is 11.5 Å². The zero-order valence-corrected chi connectivity index (χ0v) is 6.70. The Hall–Kier alpha value is -1.75. The Bertz CT molecular complexity index is 282. The van der Waals surface area contributed by atoms with Gasteiger partial charge in [0.1, 0.15) is 0 Å². The Labute approximate surface area is 72.1 Å². The van der Waals surface area contributed by atoms with Crippen molar-refractivity contribution < 1.29 is 0 Å². The quantitative estimate of drug-likeness (QED) is 0.413. The van der Waals surface area contributed by atoms with E-state index >= 15 is 0 Å². The van der Waals surface area contributed by atoms with E-state index in [1.807, 2.05) is 48.7 Å². The largest absolute Gasteiger partial charge is 0.320 e. The van der Waals surface area contributed by atoms with Gasteiger partial charge in [-0.15, -0.1) is 0 Å². The molecule has 0 saturated carbocycles. The van der Waals surface area contributed by atoms with Crippen LogP contribution in [0.15, 0.2) is 36.4 Å². The van der Waals surface area contributed by atoms with Crippen molar-refractivity contribution in [3.8, 4) is 6.19 Å². The van der Waals surface area contributed by atoms with Crippen molar-refractivity contribution in [1.29, 1.82) is 5.26 Å². The molecule has 0 unspecified atom stereocenters. The van der Waals surface area contributed by atoms with Crippen LogP contribution in [-0.4, -0.2) is 6.54 Å². The Morgan fingerprint density at radius 3 is 2.75 bits per heavy atom. The molecule has 2 heteroatoms. The average molecular weight is 158 g/mol. The molecule has 12 heavy (non-hydrogen) atoms. The Kier molecular flexibility index (Phi) is 3.46. The normalized spacial score (nSPS) is 9.58. The van der Waals surface area contributed by atoms with E-state index in [2.05, 4.69) is 5.32 Å². The Balaban J connectivity index is 2.43. The maximum atomic E-state index is 8.17. The number of rotatable bonds is 3. The SMILES string of the molecule is N#CNCC=Cc1ccccc1. The third-order valence-corrected chi connectivity index (χ3v) is 1.41. The van der Waals surface area contributed by atoms with Crippen LogP contribution in [0.5, 0.6) is 0 Å². The second-order valence-corrected chi connectivity index (χ2v) is 2.31. The topological polar surface area (TPSA) is 35.8 Å². The molecule has 0 saturated heterocycles. The van der Waals surface area contributed by atoms with Crippen LogP contribution in [0.25, 0.3) is 6.08 Å². The van der Waals surface area contributed by atoms with Gasteiger partial charge in [0.05, 0.1) is 0 Å².